The van der Waals surface area contributed by atoms with Crippen molar-refractivity contribution < 1.29 is 14.0 Å². The number of benzene rings is 1. The van der Waals surface area contributed by atoms with Crippen LogP contribution in [0, 0.1) is 6.92 Å². The van der Waals surface area contributed by atoms with Crippen LogP contribution in [-0.2, 0) is 11.2 Å². The van der Waals surface area contributed by atoms with Gasteiger partial charge in [0.2, 0.25) is 11.8 Å². The maximum atomic E-state index is 11.9. The first kappa shape index (κ1) is 19.3. The van der Waals surface area contributed by atoms with Gasteiger partial charge in [-0.3, -0.25) is 9.59 Å². The molecule has 2 N–H and O–H groups in total. The Hall–Kier alpha value is -2.45. The summed E-state index contributed by atoms with van der Waals surface area (Å²) in [6.45, 7) is 2.37. The van der Waals surface area contributed by atoms with Crippen LogP contribution in [0.25, 0.3) is 11.5 Å². The summed E-state index contributed by atoms with van der Waals surface area (Å²) < 4.78 is 6.36. The second kappa shape index (κ2) is 8.96. The number of oxazole rings is 1. The van der Waals surface area contributed by atoms with Gasteiger partial charge in [0.15, 0.2) is 0 Å². The summed E-state index contributed by atoms with van der Waals surface area (Å²) in [4.78, 5) is 28.7. The van der Waals surface area contributed by atoms with Crippen molar-refractivity contribution in [2.45, 2.75) is 13.3 Å². The van der Waals surface area contributed by atoms with E-state index >= 15 is 0 Å². The van der Waals surface area contributed by atoms with Gasteiger partial charge in [-0.25, -0.2) is 4.98 Å². The van der Waals surface area contributed by atoms with E-state index in [-0.39, 0.29) is 18.4 Å². The van der Waals surface area contributed by atoms with Crippen LogP contribution >= 0.6 is 27.3 Å². The summed E-state index contributed by atoms with van der Waals surface area (Å²) >= 11 is 4.62. The van der Waals surface area contributed by atoms with Gasteiger partial charge in [0.1, 0.15) is 6.26 Å². The second-order valence-corrected chi connectivity index (χ2v) is 8.36. The predicted molar refractivity (Wildman–Crippen MR) is 108 cm³/mol. The number of nitrogens with one attached hydrogen (secondary N) is 2. The summed E-state index contributed by atoms with van der Waals surface area (Å²) in [5.74, 6) is 0.0482. The first-order valence-corrected chi connectivity index (χ1v) is 9.94. The molecule has 2 heterocycles. The standard InChI is InChI=1S/C19H18BrN3O3S/c1-12-2-4-13(5-3-12)19-23-14(11-26-19)8-9-21-17(24)10-22-18(25)15-6-7-16(20)27-15/h2-7,11H,8-10H2,1H3,(H,21,24)(H,22,25). The number of aromatic nitrogens is 1. The zero-order chi connectivity index (χ0) is 19.2. The van der Waals surface area contributed by atoms with E-state index in [0.29, 0.717) is 23.7 Å². The van der Waals surface area contributed by atoms with Crippen LogP contribution in [0.15, 0.2) is 50.9 Å². The Morgan fingerprint density at radius 3 is 2.63 bits per heavy atom. The monoisotopic (exact) mass is 447 g/mol. The third kappa shape index (κ3) is 5.51. The fourth-order valence-corrected chi connectivity index (χ4v) is 3.63. The maximum absolute atomic E-state index is 11.9. The number of nitrogens with zero attached hydrogens (tertiary/aromatic N) is 1. The highest BCUT2D eigenvalue weighted by Crippen LogP contribution is 2.21. The molecule has 0 spiro atoms. The number of aryl methyl sites for hydroxylation is 1. The molecule has 0 aliphatic rings. The van der Waals surface area contributed by atoms with E-state index in [2.05, 4.69) is 31.5 Å². The molecule has 6 nitrogen and oxygen atoms in total. The van der Waals surface area contributed by atoms with Gasteiger partial charge in [-0.1, -0.05) is 17.7 Å². The number of rotatable bonds is 7. The summed E-state index contributed by atoms with van der Waals surface area (Å²) in [6.07, 6.45) is 2.14. The van der Waals surface area contributed by atoms with Crippen molar-refractivity contribution in [1.82, 2.24) is 15.6 Å². The molecule has 27 heavy (non-hydrogen) atoms. The first-order valence-electron chi connectivity index (χ1n) is 8.33. The summed E-state index contributed by atoms with van der Waals surface area (Å²) in [7, 11) is 0. The molecule has 2 aromatic heterocycles. The molecule has 2 amide bonds. The van der Waals surface area contributed by atoms with E-state index in [4.69, 9.17) is 4.42 Å². The largest absolute Gasteiger partial charge is 0.444 e. The van der Waals surface area contributed by atoms with E-state index in [0.717, 1.165) is 15.0 Å². The molecule has 3 rings (SSSR count). The predicted octanol–water partition coefficient (Wildman–Crippen LogP) is 3.56. The Labute approximate surface area is 169 Å². The number of hydrogen-bond donors (Lipinski definition) is 2. The van der Waals surface area contributed by atoms with Gasteiger partial charge < -0.3 is 15.1 Å². The molecule has 8 heteroatoms. The highest BCUT2D eigenvalue weighted by molar-refractivity contribution is 9.11. The smallest absolute Gasteiger partial charge is 0.261 e. The van der Waals surface area contributed by atoms with Crippen LogP contribution in [0.4, 0.5) is 0 Å². The zero-order valence-electron chi connectivity index (χ0n) is 14.6. The SMILES string of the molecule is Cc1ccc(-c2nc(CCNC(=O)CNC(=O)c3ccc(Br)s3)co2)cc1. The molecule has 0 atom stereocenters. The molecule has 0 saturated carbocycles. The minimum absolute atomic E-state index is 0.0677. The number of hydrogen-bond acceptors (Lipinski definition) is 5. The van der Waals surface area contributed by atoms with Gasteiger partial charge in [0, 0.05) is 18.5 Å². The van der Waals surface area contributed by atoms with Gasteiger partial charge in [0.25, 0.3) is 5.91 Å². The molecule has 0 saturated heterocycles. The lowest BCUT2D eigenvalue weighted by molar-refractivity contribution is -0.120. The Morgan fingerprint density at radius 2 is 1.93 bits per heavy atom. The van der Waals surface area contributed by atoms with E-state index in [1.165, 1.54) is 16.9 Å². The Kier molecular flexibility index (Phi) is 6.41. The lowest BCUT2D eigenvalue weighted by atomic mass is 10.1. The molecular formula is C19H18BrN3O3S. The summed E-state index contributed by atoms with van der Waals surface area (Å²) in [5, 5.41) is 5.35. The van der Waals surface area contributed by atoms with Crippen molar-refractivity contribution in [3.8, 4) is 11.5 Å². The number of carbonyl (C=O) groups is 2. The van der Waals surface area contributed by atoms with Crippen molar-refractivity contribution in [2.75, 3.05) is 13.1 Å². The van der Waals surface area contributed by atoms with Crippen LogP contribution in [0.2, 0.25) is 0 Å². The average molecular weight is 448 g/mol. The van der Waals surface area contributed by atoms with E-state index in [9.17, 15) is 9.59 Å². The Morgan fingerprint density at radius 1 is 1.15 bits per heavy atom. The highest BCUT2D eigenvalue weighted by atomic mass is 79.9. The van der Waals surface area contributed by atoms with Crippen LogP contribution in [0.1, 0.15) is 20.9 Å². The normalized spacial score (nSPS) is 10.6. The van der Waals surface area contributed by atoms with Crippen LogP contribution in [0.3, 0.4) is 0 Å². The molecule has 0 radical (unpaired) electrons. The highest BCUT2D eigenvalue weighted by Gasteiger charge is 2.11. The second-order valence-electron chi connectivity index (χ2n) is 5.90. The minimum Gasteiger partial charge on any atom is -0.444 e. The molecule has 140 valence electrons. The quantitative estimate of drug-likeness (QED) is 0.579. The Bertz CT molecular complexity index is 934. The molecule has 0 bridgehead atoms. The van der Waals surface area contributed by atoms with Crippen molar-refractivity contribution >= 4 is 39.1 Å². The maximum Gasteiger partial charge on any atom is 0.261 e. The fraction of sp³-hybridized carbons (Fsp3) is 0.211. The number of carbonyl (C=O) groups excluding carboxylic acids is 2. The van der Waals surface area contributed by atoms with Gasteiger partial charge in [-0.05, 0) is 47.1 Å². The van der Waals surface area contributed by atoms with E-state index < -0.39 is 0 Å². The first-order chi connectivity index (χ1) is 13.0. The summed E-state index contributed by atoms with van der Waals surface area (Å²) in [6, 6.07) is 11.4. The number of thiophene rings is 1. The number of halogens is 1. The molecule has 0 aliphatic heterocycles. The molecule has 3 aromatic rings. The average Bonchev–Trinajstić information content (AvgIpc) is 3.30. The van der Waals surface area contributed by atoms with Crippen LogP contribution < -0.4 is 10.6 Å². The van der Waals surface area contributed by atoms with Gasteiger partial charge >= 0.3 is 0 Å². The van der Waals surface area contributed by atoms with E-state index in [1.54, 1.807) is 18.4 Å². The van der Waals surface area contributed by atoms with Crippen molar-refractivity contribution in [3.05, 3.63) is 62.6 Å². The molecule has 0 aliphatic carbocycles. The van der Waals surface area contributed by atoms with Gasteiger partial charge in [-0.15, -0.1) is 11.3 Å². The van der Waals surface area contributed by atoms with Crippen molar-refractivity contribution in [3.63, 3.8) is 0 Å². The molecule has 1 aromatic carbocycles. The number of amides is 2. The lowest BCUT2D eigenvalue weighted by Crippen LogP contribution is -2.37. The van der Waals surface area contributed by atoms with Crippen molar-refractivity contribution in [1.29, 1.82) is 0 Å². The van der Waals surface area contributed by atoms with E-state index in [1.807, 2.05) is 31.2 Å². The van der Waals surface area contributed by atoms with Crippen molar-refractivity contribution in [2.24, 2.45) is 0 Å². The topological polar surface area (TPSA) is 84.2 Å². The fourth-order valence-electron chi connectivity index (χ4n) is 2.33. The third-order valence-electron chi connectivity index (χ3n) is 3.76. The third-order valence-corrected chi connectivity index (χ3v) is 5.38. The molecule has 0 unspecified atom stereocenters. The molecular weight excluding hydrogens is 430 g/mol. The summed E-state index contributed by atoms with van der Waals surface area (Å²) in [5.41, 5.74) is 2.85. The lowest BCUT2D eigenvalue weighted by Gasteiger charge is -2.05. The van der Waals surface area contributed by atoms with Gasteiger partial charge in [-0.2, -0.15) is 0 Å². The molecule has 0 fully saturated rings. The Balaban J connectivity index is 1.41. The zero-order valence-corrected chi connectivity index (χ0v) is 17.0. The van der Waals surface area contributed by atoms with Crippen LogP contribution in [0.5, 0.6) is 0 Å². The van der Waals surface area contributed by atoms with Crippen LogP contribution in [-0.4, -0.2) is 29.9 Å². The minimum atomic E-state index is -0.264. The van der Waals surface area contributed by atoms with Gasteiger partial charge in [0.05, 0.1) is 20.9 Å².